The summed E-state index contributed by atoms with van der Waals surface area (Å²) < 4.78 is 33.6. The van der Waals surface area contributed by atoms with Gasteiger partial charge in [-0.3, -0.25) is 0 Å². The maximum atomic E-state index is 11.1. The second-order valence-electron chi connectivity index (χ2n) is 6.32. The lowest BCUT2D eigenvalue weighted by molar-refractivity contribution is -0.177. The van der Waals surface area contributed by atoms with Gasteiger partial charge in [-0.2, -0.15) is 0 Å². The number of ether oxygens (including phenoxy) is 2. The van der Waals surface area contributed by atoms with E-state index in [1.807, 2.05) is 0 Å². The summed E-state index contributed by atoms with van der Waals surface area (Å²) in [5.74, 6) is 0.406. The Hall–Kier alpha value is -0.610. The predicted octanol–water partition coefficient (Wildman–Crippen LogP) is 2.66. The quantitative estimate of drug-likeness (QED) is 0.749. The van der Waals surface area contributed by atoms with Gasteiger partial charge < -0.3 is 9.47 Å². The Kier molecular flexibility index (Phi) is 4.75. The Morgan fingerprint density at radius 2 is 2.20 bits per heavy atom. The normalized spacial score (nSPS) is 29.4. The van der Waals surface area contributed by atoms with E-state index in [0.717, 1.165) is 31.4 Å². The van der Waals surface area contributed by atoms with Crippen molar-refractivity contribution in [3.8, 4) is 0 Å². The first-order valence-electron chi connectivity index (χ1n) is 7.18. The highest BCUT2D eigenvalue weighted by atomic mass is 32.2. The van der Waals surface area contributed by atoms with Crippen molar-refractivity contribution in [1.29, 1.82) is 0 Å². The zero-order valence-electron chi connectivity index (χ0n) is 12.5. The van der Waals surface area contributed by atoms with Crippen molar-refractivity contribution in [2.45, 2.75) is 45.8 Å². The number of sulfone groups is 1. The molecule has 0 aromatic rings. The zero-order valence-corrected chi connectivity index (χ0v) is 13.3. The Morgan fingerprint density at radius 1 is 1.45 bits per heavy atom. The highest BCUT2D eigenvalue weighted by Crippen LogP contribution is 2.50. The number of hydrogen-bond acceptors (Lipinski definition) is 4. The molecular weight excluding hydrogens is 276 g/mol. The minimum absolute atomic E-state index is 0.0458. The van der Waals surface area contributed by atoms with Crippen LogP contribution >= 0.6 is 0 Å². The van der Waals surface area contributed by atoms with E-state index in [2.05, 4.69) is 19.6 Å². The predicted molar refractivity (Wildman–Crippen MR) is 77.9 cm³/mol. The molecule has 2 aliphatic rings. The molecule has 1 aliphatic heterocycles. The van der Waals surface area contributed by atoms with Crippen molar-refractivity contribution in [3.63, 3.8) is 0 Å². The highest BCUT2D eigenvalue weighted by Gasteiger charge is 2.43. The minimum Gasteiger partial charge on any atom is -0.353 e. The monoisotopic (exact) mass is 300 g/mol. The molecule has 1 saturated heterocycles. The molecule has 0 bridgehead atoms. The molecule has 1 aliphatic carbocycles. The molecule has 5 heteroatoms. The highest BCUT2D eigenvalue weighted by molar-refractivity contribution is 7.93. The molecule has 4 nitrogen and oxygen atoms in total. The first-order chi connectivity index (χ1) is 9.29. The fourth-order valence-electron chi connectivity index (χ4n) is 2.64. The van der Waals surface area contributed by atoms with Crippen LogP contribution in [0.3, 0.4) is 0 Å². The Morgan fingerprint density at radius 3 is 2.75 bits per heavy atom. The van der Waals surface area contributed by atoms with Gasteiger partial charge in [0.15, 0.2) is 16.1 Å². The van der Waals surface area contributed by atoms with Gasteiger partial charge in [0.2, 0.25) is 0 Å². The SMILES string of the molecule is CC1(C)C(=C=CS(C)(=O)=O)CC1COC1CCCCO1. The fraction of sp³-hybridized carbons (Fsp3) is 0.800. The maximum Gasteiger partial charge on any atom is 0.175 e. The summed E-state index contributed by atoms with van der Waals surface area (Å²) in [7, 11) is -3.10. The molecule has 0 spiro atoms. The molecule has 0 N–H and O–H groups in total. The van der Waals surface area contributed by atoms with Crippen LogP contribution in [0.2, 0.25) is 0 Å². The molecule has 20 heavy (non-hydrogen) atoms. The van der Waals surface area contributed by atoms with Gasteiger partial charge in [-0.1, -0.05) is 13.8 Å². The molecule has 1 heterocycles. The molecule has 2 atom stereocenters. The van der Waals surface area contributed by atoms with E-state index >= 15 is 0 Å². The topological polar surface area (TPSA) is 52.6 Å². The van der Waals surface area contributed by atoms with Gasteiger partial charge in [-0.15, -0.1) is 5.73 Å². The lowest BCUT2D eigenvalue weighted by atomic mass is 9.59. The lowest BCUT2D eigenvalue weighted by Crippen LogP contribution is -2.41. The second-order valence-corrected chi connectivity index (χ2v) is 8.22. The minimum atomic E-state index is -3.10. The molecule has 1 saturated carbocycles. The molecule has 0 aromatic carbocycles. The average molecular weight is 300 g/mol. The van der Waals surface area contributed by atoms with Crippen LogP contribution in [0.1, 0.15) is 39.5 Å². The van der Waals surface area contributed by atoms with Crippen molar-refractivity contribution in [3.05, 3.63) is 16.7 Å². The van der Waals surface area contributed by atoms with Crippen molar-refractivity contribution in [2.75, 3.05) is 19.5 Å². The van der Waals surface area contributed by atoms with Gasteiger partial charge in [-0.25, -0.2) is 8.42 Å². The lowest BCUT2D eigenvalue weighted by Gasteiger charge is -2.46. The first kappa shape index (κ1) is 15.8. The summed E-state index contributed by atoms with van der Waals surface area (Å²) in [4.78, 5) is 0. The van der Waals surface area contributed by atoms with Crippen LogP contribution in [-0.2, 0) is 19.3 Å². The van der Waals surface area contributed by atoms with Crippen LogP contribution in [0.5, 0.6) is 0 Å². The van der Waals surface area contributed by atoms with Gasteiger partial charge in [0, 0.05) is 12.9 Å². The van der Waals surface area contributed by atoms with Crippen LogP contribution in [0, 0.1) is 11.3 Å². The first-order valence-corrected chi connectivity index (χ1v) is 9.14. The van der Waals surface area contributed by atoms with E-state index < -0.39 is 9.84 Å². The van der Waals surface area contributed by atoms with E-state index in [-0.39, 0.29) is 11.7 Å². The third kappa shape index (κ3) is 3.95. The summed E-state index contributed by atoms with van der Waals surface area (Å²) in [6.45, 7) is 5.69. The van der Waals surface area contributed by atoms with Crippen LogP contribution in [0.15, 0.2) is 16.7 Å². The largest absolute Gasteiger partial charge is 0.353 e. The number of hydrogen-bond donors (Lipinski definition) is 0. The van der Waals surface area contributed by atoms with Crippen LogP contribution in [-0.4, -0.2) is 34.2 Å². The van der Waals surface area contributed by atoms with E-state index in [1.54, 1.807) is 0 Å². The molecule has 2 fully saturated rings. The average Bonchev–Trinajstić information content (AvgIpc) is 2.36. The third-order valence-electron chi connectivity index (χ3n) is 4.32. The second kappa shape index (κ2) is 6.02. The van der Waals surface area contributed by atoms with E-state index in [0.29, 0.717) is 12.5 Å². The van der Waals surface area contributed by atoms with Crippen LogP contribution in [0.4, 0.5) is 0 Å². The van der Waals surface area contributed by atoms with Gasteiger partial charge in [0.1, 0.15) is 0 Å². The molecule has 0 aromatic heterocycles. The van der Waals surface area contributed by atoms with Crippen molar-refractivity contribution < 1.29 is 17.9 Å². The smallest absolute Gasteiger partial charge is 0.175 e. The van der Waals surface area contributed by atoms with Crippen LogP contribution < -0.4 is 0 Å². The van der Waals surface area contributed by atoms with Crippen molar-refractivity contribution in [1.82, 2.24) is 0 Å². The van der Waals surface area contributed by atoms with E-state index in [4.69, 9.17) is 9.47 Å². The van der Waals surface area contributed by atoms with E-state index in [1.165, 1.54) is 18.1 Å². The van der Waals surface area contributed by atoms with E-state index in [9.17, 15) is 8.42 Å². The van der Waals surface area contributed by atoms with Crippen molar-refractivity contribution in [2.24, 2.45) is 11.3 Å². The van der Waals surface area contributed by atoms with Gasteiger partial charge in [0.25, 0.3) is 0 Å². The Labute approximate surface area is 121 Å². The number of rotatable bonds is 4. The number of allylic oxidation sites excluding steroid dienone is 1. The van der Waals surface area contributed by atoms with Gasteiger partial charge in [0.05, 0.1) is 12.0 Å². The molecule has 2 rings (SSSR count). The molecule has 2 unspecified atom stereocenters. The standard InChI is InChI=1S/C15H24O4S/c1-15(2)12(7-9-20(3,16)17)10-13(15)11-19-14-6-4-5-8-18-14/h9,13-14H,4-6,8,10-11H2,1-3H3. The molecular formula is C15H24O4S. The third-order valence-corrected chi connectivity index (χ3v) is 4.86. The summed E-state index contributed by atoms with van der Waals surface area (Å²) in [6.07, 6.45) is 5.25. The zero-order chi connectivity index (χ0) is 14.8. The Bertz CT molecular complexity index is 506. The van der Waals surface area contributed by atoms with Gasteiger partial charge >= 0.3 is 0 Å². The molecule has 0 radical (unpaired) electrons. The van der Waals surface area contributed by atoms with Crippen molar-refractivity contribution >= 4 is 9.84 Å². The fourth-order valence-corrected chi connectivity index (χ4v) is 2.99. The summed E-state index contributed by atoms with van der Waals surface area (Å²) >= 11 is 0. The summed E-state index contributed by atoms with van der Waals surface area (Å²) in [6, 6.07) is 0. The Balaban J connectivity index is 1.89. The van der Waals surface area contributed by atoms with Crippen LogP contribution in [0.25, 0.3) is 0 Å². The molecule has 114 valence electrons. The molecule has 0 amide bonds. The summed E-state index contributed by atoms with van der Waals surface area (Å²) in [5.41, 5.74) is 3.94. The maximum absolute atomic E-state index is 11.1. The summed E-state index contributed by atoms with van der Waals surface area (Å²) in [5, 5.41) is 1.17. The van der Waals surface area contributed by atoms with Gasteiger partial charge in [-0.05, 0) is 42.6 Å².